The van der Waals surface area contributed by atoms with E-state index in [1.807, 2.05) is 0 Å². The molecule has 0 heterocycles. The molecule has 0 aromatic heterocycles. The molecule has 0 saturated carbocycles. The van der Waals surface area contributed by atoms with Crippen molar-refractivity contribution in [1.29, 1.82) is 0 Å². The van der Waals surface area contributed by atoms with E-state index in [1.54, 1.807) is 0 Å². The van der Waals surface area contributed by atoms with Crippen molar-refractivity contribution in [1.82, 2.24) is 0 Å². The second kappa shape index (κ2) is 16.6. The van der Waals surface area contributed by atoms with Crippen molar-refractivity contribution in [2.75, 3.05) is 4.90 Å². The summed E-state index contributed by atoms with van der Waals surface area (Å²) in [7, 11) is 0. The van der Waals surface area contributed by atoms with Crippen LogP contribution in [0.3, 0.4) is 0 Å². The second-order valence-corrected chi connectivity index (χ2v) is 17.2. The molecule has 0 aliphatic heterocycles. The average molecular weight is 840 g/mol. The van der Waals surface area contributed by atoms with E-state index in [-0.39, 0.29) is 0 Å². The van der Waals surface area contributed by atoms with Crippen LogP contribution in [0.5, 0.6) is 0 Å². The van der Waals surface area contributed by atoms with E-state index < -0.39 is 5.41 Å². The van der Waals surface area contributed by atoms with Gasteiger partial charge in [0.2, 0.25) is 0 Å². The van der Waals surface area contributed by atoms with E-state index >= 15 is 0 Å². The Bertz CT molecular complexity index is 3490. The van der Waals surface area contributed by atoms with Crippen LogP contribution in [0.25, 0.3) is 66.4 Å². The molecule has 1 nitrogen and oxygen atoms in total. The molecule has 310 valence electrons. The minimum absolute atomic E-state index is 0.538. The zero-order valence-electron chi connectivity index (χ0n) is 36.4. The molecule has 11 aromatic rings. The number of rotatable bonds is 9. The molecular weight excluding hydrogens is 795 g/mol. The maximum absolute atomic E-state index is 2.48. The predicted molar refractivity (Wildman–Crippen MR) is 278 cm³/mol. The van der Waals surface area contributed by atoms with Crippen LogP contribution in [0, 0.1) is 0 Å². The summed E-state index contributed by atoms with van der Waals surface area (Å²) in [4.78, 5) is 2.48. The van der Waals surface area contributed by atoms with Crippen molar-refractivity contribution in [3.05, 3.63) is 295 Å². The largest absolute Gasteiger partial charge is 0.310 e. The van der Waals surface area contributed by atoms with E-state index in [1.165, 1.54) is 72.0 Å². The maximum atomic E-state index is 2.48. The van der Waals surface area contributed by atoms with E-state index in [2.05, 4.69) is 278 Å². The fourth-order valence-electron chi connectivity index (χ4n) is 10.6. The molecule has 0 unspecified atom stereocenters. The predicted octanol–water partition coefficient (Wildman–Crippen LogP) is 17.3. The van der Waals surface area contributed by atoms with Crippen LogP contribution >= 0.6 is 0 Å². The van der Waals surface area contributed by atoms with Crippen molar-refractivity contribution in [3.63, 3.8) is 0 Å². The van der Waals surface area contributed by atoms with Gasteiger partial charge in [0.05, 0.1) is 11.1 Å². The zero-order chi connectivity index (χ0) is 43.9. The summed E-state index contributed by atoms with van der Waals surface area (Å²) in [6.45, 7) is 0. The summed E-state index contributed by atoms with van der Waals surface area (Å²) in [5.41, 5.74) is 19.8. The summed E-state index contributed by atoms with van der Waals surface area (Å²) in [5, 5.41) is 2.50. The van der Waals surface area contributed by atoms with Crippen LogP contribution in [0.15, 0.2) is 273 Å². The summed E-state index contributed by atoms with van der Waals surface area (Å²) in [6, 6.07) is 100. The van der Waals surface area contributed by atoms with Gasteiger partial charge in [-0.2, -0.15) is 0 Å². The first-order valence-electron chi connectivity index (χ1n) is 22.8. The lowest BCUT2D eigenvalue weighted by atomic mass is 9.67. The Morgan fingerprint density at radius 1 is 0.258 bits per heavy atom. The third-order valence-corrected chi connectivity index (χ3v) is 13.5. The van der Waals surface area contributed by atoms with Gasteiger partial charge >= 0.3 is 0 Å². The molecule has 1 aliphatic carbocycles. The Morgan fingerprint density at radius 2 is 0.727 bits per heavy atom. The topological polar surface area (TPSA) is 3.24 Å². The molecule has 0 amide bonds. The Kier molecular flexibility index (Phi) is 9.81. The van der Waals surface area contributed by atoms with Crippen molar-refractivity contribution in [3.8, 4) is 55.6 Å². The number of fused-ring (bicyclic) bond motifs is 4. The smallest absolute Gasteiger partial charge is 0.0714 e. The van der Waals surface area contributed by atoms with Crippen LogP contribution in [0.4, 0.5) is 17.1 Å². The van der Waals surface area contributed by atoms with Crippen molar-refractivity contribution >= 4 is 27.8 Å². The van der Waals surface area contributed by atoms with Crippen LogP contribution in [0.2, 0.25) is 0 Å². The normalized spacial score (nSPS) is 12.4. The highest BCUT2D eigenvalue weighted by atomic mass is 15.1. The van der Waals surface area contributed by atoms with Gasteiger partial charge in [0, 0.05) is 16.9 Å². The van der Waals surface area contributed by atoms with Crippen LogP contribution in [-0.2, 0) is 5.41 Å². The first-order chi connectivity index (χ1) is 32.7. The molecule has 11 aromatic carbocycles. The lowest BCUT2D eigenvalue weighted by molar-refractivity contribution is 0.768. The zero-order valence-corrected chi connectivity index (χ0v) is 36.4. The number of anilines is 3. The highest BCUT2D eigenvalue weighted by molar-refractivity contribution is 5.98. The molecule has 0 saturated heterocycles. The fourth-order valence-corrected chi connectivity index (χ4v) is 10.6. The first kappa shape index (κ1) is 39.1. The quantitative estimate of drug-likeness (QED) is 0.140. The average Bonchev–Trinajstić information content (AvgIpc) is 3.70. The molecule has 0 spiro atoms. The van der Waals surface area contributed by atoms with E-state index in [0.717, 1.165) is 33.8 Å². The maximum Gasteiger partial charge on any atom is 0.0714 e. The molecule has 0 fully saturated rings. The number of hydrogen-bond donors (Lipinski definition) is 0. The van der Waals surface area contributed by atoms with Crippen LogP contribution in [-0.4, -0.2) is 0 Å². The Hall–Kier alpha value is -8.52. The van der Waals surface area contributed by atoms with E-state index in [9.17, 15) is 0 Å². The Morgan fingerprint density at radius 3 is 1.47 bits per heavy atom. The van der Waals surface area contributed by atoms with Gasteiger partial charge in [-0.05, 0) is 126 Å². The third-order valence-electron chi connectivity index (χ3n) is 13.5. The van der Waals surface area contributed by atoms with Gasteiger partial charge in [-0.1, -0.05) is 231 Å². The van der Waals surface area contributed by atoms with Crippen molar-refractivity contribution in [2.45, 2.75) is 5.41 Å². The third kappa shape index (κ3) is 6.64. The van der Waals surface area contributed by atoms with Crippen molar-refractivity contribution in [2.24, 2.45) is 0 Å². The summed E-state index contributed by atoms with van der Waals surface area (Å²) in [5.74, 6) is 0. The lowest BCUT2D eigenvalue weighted by Crippen LogP contribution is -2.28. The number of benzene rings is 11. The highest BCUT2D eigenvalue weighted by Gasteiger charge is 2.46. The van der Waals surface area contributed by atoms with Gasteiger partial charge in [-0.15, -0.1) is 0 Å². The fraction of sp³-hybridized carbons (Fsp3) is 0.0154. The van der Waals surface area contributed by atoms with Gasteiger partial charge in [0.15, 0.2) is 0 Å². The number of para-hydroxylation sites is 1. The summed E-state index contributed by atoms with van der Waals surface area (Å²) >= 11 is 0. The molecule has 0 N–H and O–H groups in total. The second-order valence-electron chi connectivity index (χ2n) is 17.2. The van der Waals surface area contributed by atoms with Crippen LogP contribution in [0.1, 0.15) is 22.3 Å². The summed E-state index contributed by atoms with van der Waals surface area (Å²) < 4.78 is 0. The highest BCUT2D eigenvalue weighted by Crippen LogP contribution is 2.57. The number of nitrogens with zero attached hydrogens (tertiary/aromatic N) is 1. The molecule has 0 atom stereocenters. The molecular formula is C65H45N. The van der Waals surface area contributed by atoms with E-state index in [0.29, 0.717) is 0 Å². The standard InChI is InChI=1S/C65H45N/c1-4-20-46(21-5-1)48-24-16-28-52(42-48)59-35-13-15-39-64(59)66(55-33-18-26-50(44-55)49-25-17-27-51(43-49)58-37-19-23-47-22-10-11-34-57(47)58)56-40-41-61-60-36-12-14-38-62(60)65(63(61)45-56,53-29-6-2-7-30-53)54-31-8-3-9-32-54/h1-45H. The SMILES string of the molecule is c1ccc(-c2cccc(-c3ccccc3N(c3cccc(-c4cccc(-c5cccc6ccccc56)c4)c3)c3ccc4c(c3)C(c3ccccc3)(c3ccccc3)c3ccccc3-4)c2)cc1. The van der Waals surface area contributed by atoms with Crippen LogP contribution < -0.4 is 4.90 Å². The molecule has 0 radical (unpaired) electrons. The van der Waals surface area contributed by atoms with Gasteiger partial charge in [-0.25, -0.2) is 0 Å². The van der Waals surface area contributed by atoms with Gasteiger partial charge in [0.25, 0.3) is 0 Å². The van der Waals surface area contributed by atoms with E-state index in [4.69, 9.17) is 0 Å². The first-order valence-corrected chi connectivity index (χ1v) is 22.8. The Labute approximate surface area is 387 Å². The monoisotopic (exact) mass is 839 g/mol. The summed E-state index contributed by atoms with van der Waals surface area (Å²) in [6.07, 6.45) is 0. The van der Waals surface area contributed by atoms with Gasteiger partial charge in [-0.3, -0.25) is 0 Å². The Balaban J connectivity index is 1.08. The lowest BCUT2D eigenvalue weighted by Gasteiger charge is -2.35. The minimum Gasteiger partial charge on any atom is -0.310 e. The van der Waals surface area contributed by atoms with Gasteiger partial charge < -0.3 is 4.90 Å². The molecule has 0 bridgehead atoms. The molecule has 66 heavy (non-hydrogen) atoms. The molecule has 12 rings (SSSR count). The molecule has 1 heteroatoms. The minimum atomic E-state index is -0.538. The van der Waals surface area contributed by atoms with Crippen molar-refractivity contribution < 1.29 is 0 Å². The number of hydrogen-bond acceptors (Lipinski definition) is 1. The molecule has 1 aliphatic rings. The van der Waals surface area contributed by atoms with Gasteiger partial charge in [0.1, 0.15) is 0 Å².